The molecule has 0 amide bonds. The van der Waals surface area contributed by atoms with Gasteiger partial charge >= 0.3 is 5.97 Å². The Bertz CT molecular complexity index is 142. The Hall–Kier alpha value is -1.06. The lowest BCUT2D eigenvalue weighted by molar-refractivity contribution is -0.135. The molecule has 4 heteroatoms. The van der Waals surface area contributed by atoms with Crippen molar-refractivity contribution in [3.8, 4) is 0 Å². The largest absolute Gasteiger partial charge is 0.461 e. The fourth-order valence-corrected chi connectivity index (χ4v) is 0.410. The van der Waals surface area contributed by atoms with Gasteiger partial charge in [0.15, 0.2) is 5.71 Å². The summed E-state index contributed by atoms with van der Waals surface area (Å²) in [6.07, 6.45) is 0. The Morgan fingerprint density at radius 1 is 1.60 bits per heavy atom. The maximum absolute atomic E-state index is 10.7. The highest BCUT2D eigenvalue weighted by Crippen LogP contribution is 1.83. The minimum atomic E-state index is -0.440. The fraction of sp³-hybridized carbons (Fsp3) is 0.667. The third-order valence-electron chi connectivity index (χ3n) is 0.799. The molecule has 0 bridgehead atoms. The van der Waals surface area contributed by atoms with Gasteiger partial charge in [0.25, 0.3) is 0 Å². The number of carbonyl (C=O) groups is 1. The molecule has 10 heavy (non-hydrogen) atoms. The molecule has 4 nitrogen and oxygen atoms in total. The Labute approximate surface area is 59.8 Å². The highest BCUT2D eigenvalue weighted by molar-refractivity contribution is 6.35. The van der Waals surface area contributed by atoms with Gasteiger partial charge in [-0.15, -0.1) is 0 Å². The third kappa shape index (κ3) is 3.06. The molecule has 0 aliphatic carbocycles. The molecule has 0 N–H and O–H groups in total. The van der Waals surface area contributed by atoms with Crippen LogP contribution in [0.2, 0.25) is 0 Å². The number of carbonyl (C=O) groups excluding carboxylic acids is 1. The van der Waals surface area contributed by atoms with Gasteiger partial charge in [0.05, 0.1) is 6.61 Å². The zero-order valence-corrected chi connectivity index (χ0v) is 6.38. The van der Waals surface area contributed by atoms with Crippen molar-refractivity contribution in [3.05, 3.63) is 0 Å². The summed E-state index contributed by atoms with van der Waals surface area (Å²) in [5, 5.41) is 3.39. The van der Waals surface area contributed by atoms with Crippen molar-refractivity contribution < 1.29 is 14.4 Å². The minimum Gasteiger partial charge on any atom is -0.461 e. The van der Waals surface area contributed by atoms with E-state index in [2.05, 4.69) is 14.7 Å². The third-order valence-corrected chi connectivity index (χ3v) is 0.799. The van der Waals surface area contributed by atoms with Crippen molar-refractivity contribution in [1.82, 2.24) is 0 Å². The van der Waals surface area contributed by atoms with E-state index in [1.54, 1.807) is 6.92 Å². The first kappa shape index (κ1) is 8.94. The van der Waals surface area contributed by atoms with Crippen LogP contribution in [0.15, 0.2) is 5.16 Å². The molecule has 0 fully saturated rings. The van der Waals surface area contributed by atoms with Crippen molar-refractivity contribution >= 4 is 11.7 Å². The highest BCUT2D eigenvalue weighted by Gasteiger charge is 2.05. The van der Waals surface area contributed by atoms with E-state index in [9.17, 15) is 4.79 Å². The number of ether oxygens (including phenoxy) is 1. The molecule has 0 aromatic carbocycles. The minimum absolute atomic E-state index is 0.226. The van der Waals surface area contributed by atoms with E-state index in [1.165, 1.54) is 14.0 Å². The van der Waals surface area contributed by atoms with Crippen LogP contribution < -0.4 is 0 Å². The first-order valence-electron chi connectivity index (χ1n) is 2.97. The van der Waals surface area contributed by atoms with E-state index < -0.39 is 5.97 Å². The molecule has 0 aromatic heterocycles. The van der Waals surface area contributed by atoms with Gasteiger partial charge in [0, 0.05) is 0 Å². The van der Waals surface area contributed by atoms with E-state index >= 15 is 0 Å². The molecule has 0 spiro atoms. The standard InChI is InChI=1S/C6H11NO3/c1-4-10-6(8)5(2)7-9-3/h4H2,1-3H3. The number of esters is 1. The summed E-state index contributed by atoms with van der Waals surface area (Å²) < 4.78 is 4.61. The van der Waals surface area contributed by atoms with E-state index in [0.29, 0.717) is 6.61 Å². The Balaban J connectivity index is 3.82. The summed E-state index contributed by atoms with van der Waals surface area (Å²) in [4.78, 5) is 15.1. The van der Waals surface area contributed by atoms with Crippen LogP contribution in [-0.2, 0) is 14.4 Å². The maximum Gasteiger partial charge on any atom is 0.355 e. The first-order valence-corrected chi connectivity index (χ1v) is 2.97. The van der Waals surface area contributed by atoms with Crippen molar-refractivity contribution in [1.29, 1.82) is 0 Å². The van der Waals surface area contributed by atoms with Crippen LogP contribution in [0.1, 0.15) is 13.8 Å². The number of hydrogen-bond donors (Lipinski definition) is 0. The molecule has 0 saturated carbocycles. The molecule has 0 unspecified atom stereocenters. The number of hydrogen-bond acceptors (Lipinski definition) is 4. The second-order valence-electron chi connectivity index (χ2n) is 1.58. The van der Waals surface area contributed by atoms with Crippen molar-refractivity contribution in [2.45, 2.75) is 13.8 Å². The van der Waals surface area contributed by atoms with Crippen LogP contribution in [0.25, 0.3) is 0 Å². The van der Waals surface area contributed by atoms with Gasteiger partial charge in [-0.25, -0.2) is 4.79 Å². The average molecular weight is 145 g/mol. The molecule has 0 aliphatic rings. The molecular weight excluding hydrogens is 134 g/mol. The van der Waals surface area contributed by atoms with Gasteiger partial charge < -0.3 is 9.57 Å². The van der Waals surface area contributed by atoms with Crippen LogP contribution in [0.3, 0.4) is 0 Å². The molecular formula is C6H11NO3. The summed E-state index contributed by atoms with van der Waals surface area (Å²) in [7, 11) is 1.38. The van der Waals surface area contributed by atoms with Gasteiger partial charge in [-0.1, -0.05) is 5.16 Å². The number of rotatable bonds is 3. The quantitative estimate of drug-likeness (QED) is 0.331. The second kappa shape index (κ2) is 4.78. The zero-order chi connectivity index (χ0) is 7.98. The van der Waals surface area contributed by atoms with Crippen molar-refractivity contribution in [2.24, 2.45) is 5.16 Å². The molecule has 0 radical (unpaired) electrons. The Morgan fingerprint density at radius 2 is 2.20 bits per heavy atom. The molecule has 0 rings (SSSR count). The van der Waals surface area contributed by atoms with Gasteiger partial charge in [-0.3, -0.25) is 0 Å². The van der Waals surface area contributed by atoms with E-state index in [-0.39, 0.29) is 5.71 Å². The molecule has 0 saturated heterocycles. The van der Waals surface area contributed by atoms with E-state index in [1.807, 2.05) is 0 Å². The number of nitrogens with zero attached hydrogens (tertiary/aromatic N) is 1. The second-order valence-corrected chi connectivity index (χ2v) is 1.58. The lowest BCUT2D eigenvalue weighted by Crippen LogP contribution is -2.14. The number of oxime groups is 1. The van der Waals surface area contributed by atoms with Crippen molar-refractivity contribution in [2.75, 3.05) is 13.7 Å². The summed E-state index contributed by atoms with van der Waals surface area (Å²) in [5.41, 5.74) is 0.226. The Kier molecular flexibility index (Phi) is 4.28. The van der Waals surface area contributed by atoms with Crippen molar-refractivity contribution in [3.63, 3.8) is 0 Å². The average Bonchev–Trinajstić information content (AvgIpc) is 1.89. The van der Waals surface area contributed by atoms with Gasteiger partial charge in [0.1, 0.15) is 7.11 Å². The summed E-state index contributed by atoms with van der Waals surface area (Å²) in [6, 6.07) is 0. The van der Waals surface area contributed by atoms with Crippen LogP contribution in [-0.4, -0.2) is 25.4 Å². The molecule has 58 valence electrons. The predicted octanol–water partition coefficient (Wildman–Crippen LogP) is 0.572. The SMILES string of the molecule is CCOC(=O)C(C)=NOC. The zero-order valence-electron chi connectivity index (χ0n) is 6.38. The first-order chi connectivity index (χ1) is 4.72. The summed E-state index contributed by atoms with van der Waals surface area (Å²) >= 11 is 0. The maximum atomic E-state index is 10.7. The van der Waals surface area contributed by atoms with E-state index in [4.69, 9.17) is 0 Å². The summed E-state index contributed by atoms with van der Waals surface area (Å²) in [6.45, 7) is 3.62. The van der Waals surface area contributed by atoms with Crippen LogP contribution in [0, 0.1) is 0 Å². The lowest BCUT2D eigenvalue weighted by Gasteiger charge is -1.98. The van der Waals surface area contributed by atoms with Crippen LogP contribution in [0.4, 0.5) is 0 Å². The fourth-order valence-electron chi connectivity index (χ4n) is 0.410. The van der Waals surface area contributed by atoms with Gasteiger partial charge in [0.2, 0.25) is 0 Å². The monoisotopic (exact) mass is 145 g/mol. The van der Waals surface area contributed by atoms with E-state index in [0.717, 1.165) is 0 Å². The van der Waals surface area contributed by atoms with Gasteiger partial charge in [-0.05, 0) is 13.8 Å². The predicted molar refractivity (Wildman–Crippen MR) is 36.8 cm³/mol. The molecule has 0 aromatic rings. The topological polar surface area (TPSA) is 47.9 Å². The molecule has 0 atom stereocenters. The van der Waals surface area contributed by atoms with Crippen LogP contribution >= 0.6 is 0 Å². The summed E-state index contributed by atoms with van der Waals surface area (Å²) in [5.74, 6) is -0.440. The van der Waals surface area contributed by atoms with Gasteiger partial charge in [-0.2, -0.15) is 0 Å². The molecule has 0 aliphatic heterocycles. The highest BCUT2D eigenvalue weighted by atomic mass is 16.6. The normalized spacial score (nSPS) is 10.9. The van der Waals surface area contributed by atoms with Crippen LogP contribution in [0.5, 0.6) is 0 Å². The molecule has 0 heterocycles. The Morgan fingerprint density at radius 3 is 2.60 bits per heavy atom. The smallest absolute Gasteiger partial charge is 0.355 e. The lowest BCUT2D eigenvalue weighted by atomic mass is 10.4.